The zero-order chi connectivity index (χ0) is 13.4. The van der Waals surface area contributed by atoms with Gasteiger partial charge in [0.05, 0.1) is 6.10 Å². The minimum atomic E-state index is -0.0858. The molecule has 2 aliphatic heterocycles. The SMILES string of the molecule is CNC(C)c1ccc(N2C3CCC2CC(O)C3)cc1. The Labute approximate surface area is 115 Å². The van der Waals surface area contributed by atoms with E-state index in [1.165, 1.54) is 24.1 Å². The maximum atomic E-state index is 9.87. The zero-order valence-electron chi connectivity index (χ0n) is 11.8. The molecule has 2 fully saturated rings. The van der Waals surface area contributed by atoms with E-state index in [1.807, 2.05) is 7.05 Å². The molecule has 2 heterocycles. The molecule has 3 atom stereocenters. The average molecular weight is 260 g/mol. The van der Waals surface area contributed by atoms with Crippen LogP contribution in [-0.4, -0.2) is 30.3 Å². The fourth-order valence-electron chi connectivity index (χ4n) is 3.67. The van der Waals surface area contributed by atoms with Crippen LogP contribution in [0.1, 0.15) is 44.2 Å². The van der Waals surface area contributed by atoms with Crippen LogP contribution in [-0.2, 0) is 0 Å². The first-order valence-corrected chi connectivity index (χ1v) is 7.42. The first-order valence-electron chi connectivity index (χ1n) is 7.42. The molecule has 0 amide bonds. The topological polar surface area (TPSA) is 35.5 Å². The second kappa shape index (κ2) is 5.14. The molecule has 3 rings (SSSR count). The van der Waals surface area contributed by atoms with Crippen LogP contribution in [0.25, 0.3) is 0 Å². The quantitative estimate of drug-likeness (QED) is 0.876. The first kappa shape index (κ1) is 12.9. The molecule has 0 radical (unpaired) electrons. The molecule has 2 bridgehead atoms. The molecule has 0 aromatic heterocycles. The molecule has 19 heavy (non-hydrogen) atoms. The Morgan fingerprint density at radius 3 is 2.26 bits per heavy atom. The van der Waals surface area contributed by atoms with Crippen molar-refractivity contribution in [3.63, 3.8) is 0 Å². The Kier molecular flexibility index (Phi) is 3.50. The van der Waals surface area contributed by atoms with Crippen molar-refractivity contribution in [2.24, 2.45) is 0 Å². The van der Waals surface area contributed by atoms with Gasteiger partial charge in [-0.2, -0.15) is 0 Å². The Morgan fingerprint density at radius 1 is 1.16 bits per heavy atom. The Morgan fingerprint density at radius 2 is 1.74 bits per heavy atom. The molecule has 2 N–H and O–H groups in total. The van der Waals surface area contributed by atoms with Gasteiger partial charge in [-0.1, -0.05) is 12.1 Å². The summed E-state index contributed by atoms with van der Waals surface area (Å²) >= 11 is 0. The van der Waals surface area contributed by atoms with Crippen molar-refractivity contribution in [1.29, 1.82) is 0 Å². The average Bonchev–Trinajstić information content (AvgIpc) is 2.70. The van der Waals surface area contributed by atoms with Gasteiger partial charge in [-0.25, -0.2) is 0 Å². The maximum Gasteiger partial charge on any atom is 0.0579 e. The van der Waals surface area contributed by atoms with Crippen LogP contribution in [0.15, 0.2) is 24.3 Å². The smallest absolute Gasteiger partial charge is 0.0579 e. The molecule has 2 aliphatic rings. The monoisotopic (exact) mass is 260 g/mol. The van der Waals surface area contributed by atoms with Crippen LogP contribution in [0.2, 0.25) is 0 Å². The van der Waals surface area contributed by atoms with Gasteiger partial charge in [0, 0.05) is 23.8 Å². The third kappa shape index (κ3) is 2.37. The second-order valence-corrected chi connectivity index (χ2v) is 6.02. The van der Waals surface area contributed by atoms with Crippen molar-refractivity contribution in [2.45, 2.75) is 56.8 Å². The van der Waals surface area contributed by atoms with Crippen LogP contribution in [0.5, 0.6) is 0 Å². The summed E-state index contributed by atoms with van der Waals surface area (Å²) in [5, 5.41) is 13.1. The van der Waals surface area contributed by atoms with Gasteiger partial charge in [-0.05, 0) is 57.4 Å². The van der Waals surface area contributed by atoms with Crippen LogP contribution in [0.4, 0.5) is 5.69 Å². The number of rotatable bonds is 3. The van der Waals surface area contributed by atoms with E-state index in [0.717, 1.165) is 12.8 Å². The van der Waals surface area contributed by atoms with Gasteiger partial charge in [0.25, 0.3) is 0 Å². The van der Waals surface area contributed by atoms with Crippen molar-refractivity contribution in [3.05, 3.63) is 29.8 Å². The highest BCUT2D eigenvalue weighted by atomic mass is 16.3. The largest absolute Gasteiger partial charge is 0.393 e. The highest BCUT2D eigenvalue weighted by Crippen LogP contribution is 2.39. The van der Waals surface area contributed by atoms with E-state index >= 15 is 0 Å². The van der Waals surface area contributed by atoms with E-state index < -0.39 is 0 Å². The maximum absolute atomic E-state index is 9.87. The summed E-state index contributed by atoms with van der Waals surface area (Å²) in [4.78, 5) is 2.54. The molecule has 0 aliphatic carbocycles. The summed E-state index contributed by atoms with van der Waals surface area (Å²) in [6.45, 7) is 2.18. The Balaban J connectivity index is 1.80. The number of aliphatic hydroxyl groups excluding tert-OH is 1. The fraction of sp³-hybridized carbons (Fsp3) is 0.625. The van der Waals surface area contributed by atoms with Crippen LogP contribution in [0, 0.1) is 0 Å². The number of hydrogen-bond donors (Lipinski definition) is 2. The predicted molar refractivity (Wildman–Crippen MR) is 78.4 cm³/mol. The van der Waals surface area contributed by atoms with Crippen LogP contribution >= 0.6 is 0 Å². The van der Waals surface area contributed by atoms with Gasteiger partial charge >= 0.3 is 0 Å². The summed E-state index contributed by atoms with van der Waals surface area (Å²) in [6, 6.07) is 10.4. The van der Waals surface area contributed by atoms with Crippen LogP contribution < -0.4 is 10.2 Å². The molecule has 3 heteroatoms. The fourth-order valence-corrected chi connectivity index (χ4v) is 3.67. The highest BCUT2D eigenvalue weighted by Gasteiger charge is 2.40. The second-order valence-electron chi connectivity index (χ2n) is 6.02. The molecule has 3 unspecified atom stereocenters. The van der Waals surface area contributed by atoms with Gasteiger partial charge in [-0.15, -0.1) is 0 Å². The number of hydrogen-bond acceptors (Lipinski definition) is 3. The molecule has 0 spiro atoms. The molecule has 104 valence electrons. The number of fused-ring (bicyclic) bond motifs is 2. The van der Waals surface area contributed by atoms with Crippen LogP contribution in [0.3, 0.4) is 0 Å². The third-order valence-electron chi connectivity index (χ3n) is 4.83. The number of aliphatic hydroxyl groups is 1. The lowest BCUT2D eigenvalue weighted by Crippen LogP contribution is -2.44. The van der Waals surface area contributed by atoms with E-state index in [-0.39, 0.29) is 6.10 Å². The van der Waals surface area contributed by atoms with E-state index in [2.05, 4.69) is 41.4 Å². The molecule has 1 aromatic rings. The van der Waals surface area contributed by atoms with E-state index in [0.29, 0.717) is 18.1 Å². The van der Waals surface area contributed by atoms with Gasteiger partial charge in [0.1, 0.15) is 0 Å². The van der Waals surface area contributed by atoms with E-state index in [4.69, 9.17) is 0 Å². The predicted octanol–water partition coefficient (Wildman–Crippen LogP) is 2.46. The summed E-state index contributed by atoms with van der Waals surface area (Å²) in [6.07, 6.45) is 4.25. The van der Waals surface area contributed by atoms with Crippen molar-refractivity contribution in [3.8, 4) is 0 Å². The molecular weight excluding hydrogens is 236 g/mol. The molecular formula is C16H24N2O. The summed E-state index contributed by atoms with van der Waals surface area (Å²) in [7, 11) is 1.99. The van der Waals surface area contributed by atoms with Crippen molar-refractivity contribution in [2.75, 3.05) is 11.9 Å². The molecule has 0 saturated carbocycles. The lowest BCUT2D eigenvalue weighted by atomic mass is 9.98. The summed E-state index contributed by atoms with van der Waals surface area (Å²) in [5.74, 6) is 0. The minimum absolute atomic E-state index is 0.0858. The molecule has 2 saturated heterocycles. The van der Waals surface area contributed by atoms with Crippen molar-refractivity contribution >= 4 is 5.69 Å². The molecule has 3 nitrogen and oxygen atoms in total. The Bertz CT molecular complexity index is 417. The Hall–Kier alpha value is -1.06. The first-order chi connectivity index (χ1) is 9.19. The lowest BCUT2D eigenvalue weighted by Gasteiger charge is -2.39. The number of anilines is 1. The molecule has 1 aromatic carbocycles. The lowest BCUT2D eigenvalue weighted by molar-refractivity contribution is 0.126. The van der Waals surface area contributed by atoms with Crippen molar-refractivity contribution < 1.29 is 5.11 Å². The van der Waals surface area contributed by atoms with Gasteiger partial charge < -0.3 is 15.3 Å². The number of nitrogens with zero attached hydrogens (tertiary/aromatic N) is 1. The van der Waals surface area contributed by atoms with Crippen molar-refractivity contribution in [1.82, 2.24) is 5.32 Å². The number of piperidine rings is 1. The normalized spacial score (nSPS) is 31.5. The van der Waals surface area contributed by atoms with E-state index in [9.17, 15) is 5.11 Å². The zero-order valence-corrected chi connectivity index (χ0v) is 11.8. The minimum Gasteiger partial charge on any atom is -0.393 e. The standard InChI is InChI=1S/C16H24N2O/c1-11(17-2)12-3-5-13(6-4-12)18-14-7-8-15(18)10-16(19)9-14/h3-6,11,14-17,19H,7-10H2,1-2H3. The summed E-state index contributed by atoms with van der Waals surface area (Å²) < 4.78 is 0. The third-order valence-corrected chi connectivity index (χ3v) is 4.83. The van der Waals surface area contributed by atoms with E-state index in [1.54, 1.807) is 0 Å². The van der Waals surface area contributed by atoms with Gasteiger partial charge in [0.2, 0.25) is 0 Å². The highest BCUT2D eigenvalue weighted by molar-refractivity contribution is 5.51. The van der Waals surface area contributed by atoms with Gasteiger partial charge in [-0.3, -0.25) is 0 Å². The van der Waals surface area contributed by atoms with Gasteiger partial charge in [0.15, 0.2) is 0 Å². The number of nitrogens with one attached hydrogen (secondary N) is 1. The number of benzene rings is 1. The summed E-state index contributed by atoms with van der Waals surface area (Å²) in [5.41, 5.74) is 2.65.